The number of benzene rings is 1. The van der Waals surface area contributed by atoms with Crippen LogP contribution >= 0.6 is 0 Å². The van der Waals surface area contributed by atoms with Crippen LogP contribution in [0.4, 0.5) is 0 Å². The fourth-order valence-corrected chi connectivity index (χ4v) is 3.89. The number of nitrogens with one attached hydrogen (secondary N) is 2. The van der Waals surface area contributed by atoms with Crippen LogP contribution in [0, 0.1) is 17.8 Å². The lowest BCUT2D eigenvalue weighted by Crippen LogP contribution is -2.42. The van der Waals surface area contributed by atoms with Gasteiger partial charge in [0, 0.05) is 12.0 Å². The van der Waals surface area contributed by atoms with Gasteiger partial charge in [-0.3, -0.25) is 14.8 Å². The van der Waals surface area contributed by atoms with E-state index in [0.717, 1.165) is 44.3 Å². The predicted molar refractivity (Wildman–Crippen MR) is 109 cm³/mol. The summed E-state index contributed by atoms with van der Waals surface area (Å²) in [6.07, 6.45) is 5.36. The van der Waals surface area contributed by atoms with Gasteiger partial charge in [-0.2, -0.15) is 0 Å². The Balaban J connectivity index is 2.14. The van der Waals surface area contributed by atoms with Crippen molar-refractivity contribution in [2.75, 3.05) is 13.2 Å². The Morgan fingerprint density at radius 2 is 2.00 bits per heavy atom. The Morgan fingerprint density at radius 3 is 2.68 bits per heavy atom. The minimum absolute atomic E-state index is 0.00753. The molecular formula is C22H36N2O4. The summed E-state index contributed by atoms with van der Waals surface area (Å²) < 4.78 is 5.87. The molecule has 2 heterocycles. The highest BCUT2D eigenvalue weighted by molar-refractivity contribution is 5.79. The molecule has 28 heavy (non-hydrogen) atoms. The summed E-state index contributed by atoms with van der Waals surface area (Å²) in [7, 11) is 0. The van der Waals surface area contributed by atoms with Crippen molar-refractivity contribution in [1.82, 2.24) is 11.0 Å². The molecule has 0 aromatic heterocycles. The molecule has 1 aromatic rings. The van der Waals surface area contributed by atoms with E-state index in [1.165, 1.54) is 5.56 Å². The number of amides is 1. The van der Waals surface area contributed by atoms with Gasteiger partial charge in [-0.15, -0.1) is 0 Å². The molecule has 0 unspecified atom stereocenters. The van der Waals surface area contributed by atoms with Gasteiger partial charge in [0.1, 0.15) is 5.75 Å². The largest absolute Gasteiger partial charge is 0.494 e. The molecule has 6 nitrogen and oxygen atoms in total. The fraction of sp³-hybridized carbons (Fsp3) is 0.682. The zero-order valence-electron chi connectivity index (χ0n) is 17.4. The van der Waals surface area contributed by atoms with E-state index in [9.17, 15) is 4.79 Å². The van der Waals surface area contributed by atoms with Gasteiger partial charge in [0.15, 0.2) is 0 Å². The minimum atomic E-state index is -0.151. The molecule has 6 heteroatoms. The molecule has 0 saturated heterocycles. The lowest BCUT2D eigenvalue weighted by Gasteiger charge is -2.29. The third-order valence-electron chi connectivity index (χ3n) is 5.40. The number of hydrogen-bond acceptors (Lipinski definition) is 5. The van der Waals surface area contributed by atoms with Crippen molar-refractivity contribution in [3.63, 3.8) is 0 Å². The van der Waals surface area contributed by atoms with Crippen molar-refractivity contribution < 1.29 is 19.6 Å². The highest BCUT2D eigenvalue weighted by atomic mass is 16.8. The van der Waals surface area contributed by atoms with Crippen molar-refractivity contribution in [3.8, 4) is 5.75 Å². The molecule has 0 aliphatic carbocycles. The standard InChI is InChI=1S/C22H36N2O4/c1-16(2)14-21-19(15-28-24-26)8-5-13-27-20-11-9-18(10-12-20)7-4-6-17(3)23-22(21)25/h9-12,16-17,19,21,24,26H,4-8,13-15H2,1-3H3,(H,23,25)/t17-,19-,21-/m1/s1. The molecular weight excluding hydrogens is 356 g/mol. The second-order valence-electron chi connectivity index (χ2n) is 8.33. The lowest BCUT2D eigenvalue weighted by molar-refractivity contribution is -0.149. The smallest absolute Gasteiger partial charge is 0.223 e. The van der Waals surface area contributed by atoms with Crippen molar-refractivity contribution in [3.05, 3.63) is 29.8 Å². The van der Waals surface area contributed by atoms with Crippen LogP contribution in [0.15, 0.2) is 24.3 Å². The first-order chi connectivity index (χ1) is 13.5. The normalized spacial score (nSPS) is 24.8. The molecule has 2 bridgehead atoms. The number of hydrogen-bond donors (Lipinski definition) is 3. The Bertz CT molecular complexity index is 576. The zero-order valence-corrected chi connectivity index (χ0v) is 17.4. The first-order valence-corrected chi connectivity index (χ1v) is 10.5. The van der Waals surface area contributed by atoms with Crippen LogP contribution in [0.1, 0.15) is 58.4 Å². The molecule has 0 radical (unpaired) electrons. The molecule has 0 fully saturated rings. The molecule has 2 aliphatic heterocycles. The Hall–Kier alpha value is -1.63. The molecule has 0 spiro atoms. The van der Waals surface area contributed by atoms with Gasteiger partial charge in [0.25, 0.3) is 0 Å². The quantitative estimate of drug-likeness (QED) is 0.663. The van der Waals surface area contributed by atoms with Gasteiger partial charge in [-0.25, -0.2) is 0 Å². The van der Waals surface area contributed by atoms with E-state index in [1.54, 1.807) is 5.64 Å². The van der Waals surface area contributed by atoms with Crippen molar-refractivity contribution in [2.45, 2.75) is 65.3 Å². The topological polar surface area (TPSA) is 79.8 Å². The second kappa shape index (κ2) is 12.0. The predicted octanol–water partition coefficient (Wildman–Crippen LogP) is 3.88. The molecule has 1 amide bonds. The highest BCUT2D eigenvalue weighted by Gasteiger charge is 2.30. The summed E-state index contributed by atoms with van der Waals surface area (Å²) in [5.41, 5.74) is 3.06. The number of fused-ring (bicyclic) bond motifs is 13. The second-order valence-corrected chi connectivity index (χ2v) is 8.33. The molecule has 3 atom stereocenters. The number of ether oxygens (including phenoxy) is 1. The number of rotatable bonds is 5. The van der Waals surface area contributed by atoms with Crippen LogP contribution in [0.3, 0.4) is 0 Å². The number of carbonyl (C=O) groups excluding carboxylic acids is 1. The summed E-state index contributed by atoms with van der Waals surface area (Å²) in [6, 6.07) is 8.43. The minimum Gasteiger partial charge on any atom is -0.494 e. The van der Waals surface area contributed by atoms with Crippen LogP contribution in [0.2, 0.25) is 0 Å². The number of carbonyl (C=O) groups is 1. The average Bonchev–Trinajstić information content (AvgIpc) is 2.66. The molecule has 2 aliphatic rings. The first kappa shape index (κ1) is 22.7. The van der Waals surface area contributed by atoms with E-state index < -0.39 is 0 Å². The highest BCUT2D eigenvalue weighted by Crippen LogP contribution is 2.26. The molecule has 3 rings (SSSR count). The summed E-state index contributed by atoms with van der Waals surface area (Å²) in [6.45, 7) is 7.21. The lowest BCUT2D eigenvalue weighted by atomic mass is 9.82. The van der Waals surface area contributed by atoms with Gasteiger partial charge in [-0.1, -0.05) is 31.6 Å². The first-order valence-electron chi connectivity index (χ1n) is 10.5. The molecule has 1 aromatic carbocycles. The summed E-state index contributed by atoms with van der Waals surface area (Å²) >= 11 is 0. The van der Waals surface area contributed by atoms with E-state index in [4.69, 9.17) is 14.8 Å². The van der Waals surface area contributed by atoms with Gasteiger partial charge in [0.05, 0.1) is 13.2 Å². The van der Waals surface area contributed by atoms with Gasteiger partial charge in [0.2, 0.25) is 5.91 Å². The van der Waals surface area contributed by atoms with Crippen LogP contribution in [-0.4, -0.2) is 30.4 Å². The van der Waals surface area contributed by atoms with Crippen LogP contribution in [0.5, 0.6) is 5.75 Å². The van der Waals surface area contributed by atoms with Crippen LogP contribution in [-0.2, 0) is 16.1 Å². The van der Waals surface area contributed by atoms with Crippen LogP contribution < -0.4 is 15.7 Å². The summed E-state index contributed by atoms with van der Waals surface area (Å²) in [5, 5.41) is 12.1. The van der Waals surface area contributed by atoms with Gasteiger partial charge < -0.3 is 10.1 Å². The maximum absolute atomic E-state index is 13.0. The Kier molecular flexibility index (Phi) is 9.75. The Labute approximate surface area is 168 Å². The van der Waals surface area contributed by atoms with E-state index >= 15 is 0 Å². The average molecular weight is 393 g/mol. The third kappa shape index (κ3) is 7.78. The van der Waals surface area contributed by atoms with Crippen molar-refractivity contribution in [1.29, 1.82) is 0 Å². The zero-order chi connectivity index (χ0) is 20.4. The van der Waals surface area contributed by atoms with Gasteiger partial charge in [-0.05, 0) is 75.0 Å². The Morgan fingerprint density at radius 1 is 1.25 bits per heavy atom. The molecule has 0 saturated carbocycles. The molecule has 3 N–H and O–H groups in total. The maximum Gasteiger partial charge on any atom is 0.223 e. The maximum atomic E-state index is 13.0. The van der Waals surface area contributed by atoms with Crippen molar-refractivity contribution in [2.24, 2.45) is 17.8 Å². The van der Waals surface area contributed by atoms with E-state index in [0.29, 0.717) is 12.5 Å². The number of aryl methyl sites for hydroxylation is 1. The van der Waals surface area contributed by atoms with E-state index in [2.05, 4.69) is 38.2 Å². The SMILES string of the molecule is CC(C)C[C@H]1C(=O)N[C@H](C)CCCc2ccc(cc2)OCCC[C@@H]1CONO. The van der Waals surface area contributed by atoms with Crippen LogP contribution in [0.25, 0.3) is 0 Å². The monoisotopic (exact) mass is 392 g/mol. The summed E-state index contributed by atoms with van der Waals surface area (Å²) in [4.78, 5) is 18.1. The third-order valence-corrected chi connectivity index (χ3v) is 5.40. The van der Waals surface area contributed by atoms with E-state index in [1.807, 2.05) is 12.1 Å². The summed E-state index contributed by atoms with van der Waals surface area (Å²) in [5.74, 6) is 1.22. The molecule has 158 valence electrons. The van der Waals surface area contributed by atoms with Crippen molar-refractivity contribution >= 4 is 5.91 Å². The van der Waals surface area contributed by atoms with E-state index in [-0.39, 0.29) is 30.4 Å². The van der Waals surface area contributed by atoms with Gasteiger partial charge >= 0.3 is 0 Å². The fourth-order valence-electron chi connectivity index (χ4n) is 3.89.